The zero-order valence-electron chi connectivity index (χ0n) is 26.5. The van der Waals surface area contributed by atoms with Gasteiger partial charge < -0.3 is 20.2 Å². The Morgan fingerprint density at radius 3 is 2.43 bits per heavy atom. The molecular weight excluding hydrogens is 620 g/mol. The number of halogens is 1. The monoisotopic (exact) mass is 658 g/mol. The maximum atomic E-state index is 13.2. The zero-order valence-corrected chi connectivity index (χ0v) is 28.3. The summed E-state index contributed by atoms with van der Waals surface area (Å²) in [4.78, 5) is 41.2. The number of aromatic nitrogens is 3. The Bertz CT molecular complexity index is 1750. The van der Waals surface area contributed by atoms with E-state index in [1.165, 1.54) is 0 Å². The second kappa shape index (κ2) is 14.4. The van der Waals surface area contributed by atoms with Crippen molar-refractivity contribution in [3.8, 4) is 11.4 Å². The standard InChI is InChI=1S/C34H39ClN6O4Si/c1-22-39-40-33-29(38-32(23-11-13-25(35)14-12-23)28-20-26(45-2)15-16-30(28)41(22)33)21-31(42)36-17-6-5-7-18-37-34(43)24-9-8-10-27(19-24)46(3,4)44/h8-16,19-20,29,44H,5-7,17-18,21H2,1-4H3,(H,36,42)(H,37,43)/t29-/m0/s1. The van der Waals surface area contributed by atoms with Gasteiger partial charge in [-0.2, -0.15) is 0 Å². The van der Waals surface area contributed by atoms with Crippen LogP contribution in [0.25, 0.3) is 5.69 Å². The van der Waals surface area contributed by atoms with E-state index in [0.717, 1.165) is 41.3 Å². The minimum absolute atomic E-state index is 0.100. The van der Waals surface area contributed by atoms with Crippen molar-refractivity contribution in [3.05, 3.63) is 100 Å². The normalized spacial score (nSPS) is 14.0. The molecule has 0 unspecified atom stereocenters. The van der Waals surface area contributed by atoms with Crippen LogP contribution in [0.1, 0.15) is 64.9 Å². The highest BCUT2D eigenvalue weighted by Gasteiger charge is 2.30. The molecule has 0 fully saturated rings. The molecule has 240 valence electrons. The molecule has 46 heavy (non-hydrogen) atoms. The SMILES string of the molecule is COc1ccc2c(c1)C(c1ccc(Cl)cc1)=N[C@@H](CC(=O)NCCCCCNC(=O)c1cccc([Si](C)(C)O)c1)c1nnc(C)n1-2. The van der Waals surface area contributed by atoms with Crippen molar-refractivity contribution >= 4 is 42.6 Å². The highest BCUT2D eigenvalue weighted by Crippen LogP contribution is 2.34. The Morgan fingerprint density at radius 2 is 1.72 bits per heavy atom. The quantitative estimate of drug-likeness (QED) is 0.150. The molecule has 2 amide bonds. The number of fused-ring (bicyclic) bond motifs is 3. The molecule has 4 aromatic rings. The van der Waals surface area contributed by atoms with Crippen LogP contribution in [-0.2, 0) is 4.79 Å². The number of nitrogens with one attached hydrogen (secondary N) is 2. The lowest BCUT2D eigenvalue weighted by atomic mass is 10.00. The van der Waals surface area contributed by atoms with E-state index in [4.69, 9.17) is 21.3 Å². The van der Waals surface area contributed by atoms with Crippen molar-refractivity contribution in [1.82, 2.24) is 25.4 Å². The number of aryl methyl sites for hydroxylation is 1. The van der Waals surface area contributed by atoms with Gasteiger partial charge in [-0.05, 0) is 86.9 Å². The fourth-order valence-corrected chi connectivity index (χ4v) is 6.56. The van der Waals surface area contributed by atoms with Gasteiger partial charge in [-0.1, -0.05) is 35.9 Å². The number of aliphatic imine (C=N–C) groups is 1. The molecule has 5 rings (SSSR count). The van der Waals surface area contributed by atoms with E-state index in [1.807, 2.05) is 73.1 Å². The molecule has 0 bridgehead atoms. The second-order valence-electron chi connectivity index (χ2n) is 11.8. The van der Waals surface area contributed by atoms with E-state index in [-0.39, 0.29) is 18.2 Å². The Hall–Kier alpha value is -4.32. The summed E-state index contributed by atoms with van der Waals surface area (Å²) < 4.78 is 7.49. The van der Waals surface area contributed by atoms with Gasteiger partial charge in [0.05, 0.1) is 24.9 Å². The first-order valence-corrected chi connectivity index (χ1v) is 18.7. The molecule has 0 saturated heterocycles. The van der Waals surface area contributed by atoms with Crippen molar-refractivity contribution in [1.29, 1.82) is 0 Å². The second-order valence-corrected chi connectivity index (χ2v) is 16.0. The maximum Gasteiger partial charge on any atom is 0.251 e. The summed E-state index contributed by atoms with van der Waals surface area (Å²) in [7, 11) is -0.862. The molecule has 2 heterocycles. The Balaban J connectivity index is 1.20. The van der Waals surface area contributed by atoms with Gasteiger partial charge in [0, 0.05) is 34.8 Å². The summed E-state index contributed by atoms with van der Waals surface area (Å²) >= 11 is 6.19. The van der Waals surface area contributed by atoms with Crippen LogP contribution >= 0.6 is 11.6 Å². The number of hydrogen-bond acceptors (Lipinski definition) is 7. The van der Waals surface area contributed by atoms with Crippen molar-refractivity contribution in [2.45, 2.75) is 51.7 Å². The molecule has 10 nitrogen and oxygen atoms in total. The first kappa shape index (κ1) is 33.1. The Kier molecular flexibility index (Phi) is 10.3. The molecule has 0 saturated carbocycles. The fourth-order valence-electron chi connectivity index (χ4n) is 5.42. The van der Waals surface area contributed by atoms with Gasteiger partial charge in [-0.15, -0.1) is 10.2 Å². The van der Waals surface area contributed by atoms with E-state index in [2.05, 4.69) is 20.8 Å². The average molecular weight is 659 g/mol. The third-order valence-corrected chi connectivity index (χ3v) is 9.90. The number of unbranched alkanes of at least 4 members (excludes halogenated alkanes) is 2. The van der Waals surface area contributed by atoms with Crippen LogP contribution in [0.3, 0.4) is 0 Å². The van der Waals surface area contributed by atoms with Gasteiger partial charge >= 0.3 is 0 Å². The number of methoxy groups -OCH3 is 1. The summed E-state index contributed by atoms with van der Waals surface area (Å²) in [6, 6.07) is 19.9. The summed E-state index contributed by atoms with van der Waals surface area (Å²) in [6.07, 6.45) is 2.49. The lowest BCUT2D eigenvalue weighted by Gasteiger charge is -2.15. The summed E-state index contributed by atoms with van der Waals surface area (Å²) in [5.74, 6) is 1.68. The van der Waals surface area contributed by atoms with E-state index in [1.54, 1.807) is 25.3 Å². The van der Waals surface area contributed by atoms with Crippen LogP contribution < -0.4 is 20.6 Å². The highest BCUT2D eigenvalue weighted by molar-refractivity contribution is 6.83. The largest absolute Gasteiger partial charge is 0.497 e. The van der Waals surface area contributed by atoms with Crippen molar-refractivity contribution < 1.29 is 19.1 Å². The first-order valence-electron chi connectivity index (χ1n) is 15.4. The van der Waals surface area contributed by atoms with Gasteiger partial charge in [0.1, 0.15) is 17.6 Å². The molecule has 0 radical (unpaired) electrons. The minimum Gasteiger partial charge on any atom is -0.497 e. The molecular formula is C34H39ClN6O4Si. The Morgan fingerprint density at radius 1 is 0.978 bits per heavy atom. The Labute approximate surface area is 275 Å². The van der Waals surface area contributed by atoms with Crippen LogP contribution in [-0.4, -0.2) is 65.6 Å². The zero-order chi connectivity index (χ0) is 32.8. The van der Waals surface area contributed by atoms with Gasteiger partial charge in [-0.3, -0.25) is 19.1 Å². The number of ether oxygens (including phenoxy) is 1. The molecule has 0 aliphatic carbocycles. The molecule has 1 aliphatic rings. The van der Waals surface area contributed by atoms with Gasteiger partial charge in [0.2, 0.25) is 14.2 Å². The molecule has 1 aromatic heterocycles. The summed E-state index contributed by atoms with van der Waals surface area (Å²) in [6.45, 7) is 6.58. The van der Waals surface area contributed by atoms with Crippen LogP contribution in [0.15, 0.2) is 71.7 Å². The number of carbonyl (C=O) groups excluding carboxylic acids is 2. The number of benzene rings is 3. The molecule has 12 heteroatoms. The molecule has 1 aliphatic heterocycles. The predicted molar refractivity (Wildman–Crippen MR) is 182 cm³/mol. The smallest absolute Gasteiger partial charge is 0.251 e. The molecule has 3 N–H and O–H groups in total. The van der Waals surface area contributed by atoms with Gasteiger partial charge in [0.15, 0.2) is 5.82 Å². The first-order chi connectivity index (χ1) is 22.0. The van der Waals surface area contributed by atoms with Crippen molar-refractivity contribution in [3.63, 3.8) is 0 Å². The van der Waals surface area contributed by atoms with E-state index in [9.17, 15) is 14.4 Å². The van der Waals surface area contributed by atoms with Crippen molar-refractivity contribution in [2.24, 2.45) is 4.99 Å². The van der Waals surface area contributed by atoms with Gasteiger partial charge in [0.25, 0.3) is 5.91 Å². The van der Waals surface area contributed by atoms with E-state index in [0.29, 0.717) is 46.8 Å². The molecule has 3 aromatic carbocycles. The van der Waals surface area contributed by atoms with Crippen LogP contribution in [0.4, 0.5) is 0 Å². The third kappa shape index (κ3) is 7.72. The highest BCUT2D eigenvalue weighted by atomic mass is 35.5. The summed E-state index contributed by atoms with van der Waals surface area (Å²) in [5, 5.41) is 16.2. The van der Waals surface area contributed by atoms with Crippen LogP contribution in [0.2, 0.25) is 18.1 Å². The lowest BCUT2D eigenvalue weighted by Crippen LogP contribution is -2.42. The lowest BCUT2D eigenvalue weighted by molar-refractivity contribution is -0.121. The summed E-state index contributed by atoms with van der Waals surface area (Å²) in [5.41, 5.74) is 3.82. The van der Waals surface area contributed by atoms with Crippen LogP contribution in [0, 0.1) is 6.92 Å². The van der Waals surface area contributed by atoms with Crippen LogP contribution in [0.5, 0.6) is 5.75 Å². The van der Waals surface area contributed by atoms with Crippen molar-refractivity contribution in [2.75, 3.05) is 20.2 Å². The van der Waals surface area contributed by atoms with E-state index >= 15 is 0 Å². The topological polar surface area (TPSA) is 131 Å². The number of hydrogen-bond donors (Lipinski definition) is 3. The van der Waals surface area contributed by atoms with Gasteiger partial charge in [-0.25, -0.2) is 0 Å². The average Bonchev–Trinajstić information content (AvgIpc) is 3.36. The fraction of sp³-hybridized carbons (Fsp3) is 0.324. The minimum atomic E-state index is -2.48. The number of nitrogens with zero attached hydrogens (tertiary/aromatic N) is 4. The number of carbonyl (C=O) groups is 2. The third-order valence-electron chi connectivity index (χ3n) is 7.92. The predicted octanol–water partition coefficient (Wildman–Crippen LogP) is 4.64. The van der Waals surface area contributed by atoms with E-state index < -0.39 is 14.4 Å². The molecule has 0 spiro atoms. The number of amides is 2. The number of rotatable bonds is 12. The maximum absolute atomic E-state index is 13.2. The molecule has 1 atom stereocenters.